The first-order valence-corrected chi connectivity index (χ1v) is 9.84. The van der Waals surface area contributed by atoms with Gasteiger partial charge in [-0.25, -0.2) is 0 Å². The summed E-state index contributed by atoms with van der Waals surface area (Å²) in [6.45, 7) is 6.67. The molecule has 1 fully saturated rings. The van der Waals surface area contributed by atoms with Gasteiger partial charge in [-0.05, 0) is 31.5 Å². The Morgan fingerprint density at radius 2 is 1.89 bits per heavy atom. The average Bonchev–Trinajstić information content (AvgIpc) is 2.70. The normalized spacial score (nSPS) is 18.2. The molecule has 0 saturated carbocycles. The second-order valence-electron chi connectivity index (χ2n) is 7.29. The molecule has 1 saturated heterocycles. The number of rotatable bonds is 8. The zero-order chi connectivity index (χ0) is 19.9. The van der Waals surface area contributed by atoms with E-state index >= 15 is 0 Å². The van der Waals surface area contributed by atoms with Gasteiger partial charge in [0.2, 0.25) is 0 Å². The predicted octanol–water partition coefficient (Wildman–Crippen LogP) is 2.48. The Hall–Kier alpha value is -2.15. The summed E-state index contributed by atoms with van der Waals surface area (Å²) >= 11 is 0. The van der Waals surface area contributed by atoms with Gasteiger partial charge in [0.1, 0.15) is 0 Å². The third-order valence-electron chi connectivity index (χ3n) is 5.34. The Morgan fingerprint density at radius 3 is 2.61 bits per heavy atom. The maximum Gasteiger partial charge on any atom is 0.165 e. The molecule has 0 aliphatic carbocycles. The number of pyridine rings is 1. The highest BCUT2D eigenvalue weighted by molar-refractivity contribution is 5.46. The van der Waals surface area contributed by atoms with Crippen molar-refractivity contribution in [3.8, 4) is 11.5 Å². The standard InChI is InChI=1S/C22H31N3O3/c1-17-6-4-8-19(23-17)15-25-12-11-24(16-20(25)10-13-26)14-18-7-5-9-21(27-2)22(18)28-3/h4-9,20,26H,10-16H2,1-3H3/t20-/m1/s1. The summed E-state index contributed by atoms with van der Waals surface area (Å²) in [7, 11) is 3.35. The van der Waals surface area contributed by atoms with Gasteiger partial charge in [-0.3, -0.25) is 14.8 Å². The van der Waals surface area contributed by atoms with Gasteiger partial charge in [-0.2, -0.15) is 0 Å². The third kappa shape index (κ3) is 5.01. The molecule has 0 unspecified atom stereocenters. The van der Waals surface area contributed by atoms with Crippen molar-refractivity contribution < 1.29 is 14.6 Å². The molecule has 1 atom stereocenters. The summed E-state index contributed by atoms with van der Waals surface area (Å²) in [6, 6.07) is 12.5. The molecule has 28 heavy (non-hydrogen) atoms. The average molecular weight is 386 g/mol. The molecule has 2 heterocycles. The van der Waals surface area contributed by atoms with Crippen LogP contribution < -0.4 is 9.47 Å². The molecule has 0 amide bonds. The van der Waals surface area contributed by atoms with Crippen LogP contribution in [0.3, 0.4) is 0 Å². The number of piperazine rings is 1. The second-order valence-corrected chi connectivity index (χ2v) is 7.29. The maximum absolute atomic E-state index is 9.58. The lowest BCUT2D eigenvalue weighted by atomic mass is 10.1. The minimum atomic E-state index is 0.193. The van der Waals surface area contributed by atoms with Crippen molar-refractivity contribution >= 4 is 0 Å². The molecule has 0 radical (unpaired) electrons. The van der Waals surface area contributed by atoms with Crippen molar-refractivity contribution in [2.24, 2.45) is 0 Å². The van der Waals surface area contributed by atoms with Gasteiger partial charge in [0.05, 0.1) is 19.9 Å². The maximum atomic E-state index is 9.58. The van der Waals surface area contributed by atoms with E-state index in [1.54, 1.807) is 14.2 Å². The van der Waals surface area contributed by atoms with Crippen LogP contribution in [0.15, 0.2) is 36.4 Å². The number of ether oxygens (including phenoxy) is 2. The number of hydrogen-bond acceptors (Lipinski definition) is 6. The number of aliphatic hydroxyl groups is 1. The smallest absolute Gasteiger partial charge is 0.165 e. The largest absolute Gasteiger partial charge is 0.493 e. The summed E-state index contributed by atoms with van der Waals surface area (Å²) in [5.74, 6) is 1.56. The molecule has 2 aromatic rings. The van der Waals surface area contributed by atoms with Crippen LogP contribution in [0, 0.1) is 6.92 Å². The van der Waals surface area contributed by atoms with Crippen molar-refractivity contribution in [2.75, 3.05) is 40.5 Å². The summed E-state index contributed by atoms with van der Waals surface area (Å²) in [6.07, 6.45) is 0.761. The van der Waals surface area contributed by atoms with Crippen molar-refractivity contribution in [3.05, 3.63) is 53.3 Å². The minimum absolute atomic E-state index is 0.193. The summed E-state index contributed by atoms with van der Waals surface area (Å²) in [5, 5.41) is 9.58. The number of methoxy groups -OCH3 is 2. The number of hydrogen-bond donors (Lipinski definition) is 1. The van der Waals surface area contributed by atoms with Gasteiger partial charge in [0.25, 0.3) is 0 Å². The van der Waals surface area contributed by atoms with E-state index in [4.69, 9.17) is 9.47 Å². The van der Waals surface area contributed by atoms with E-state index in [1.165, 1.54) is 0 Å². The molecule has 1 aromatic carbocycles. The van der Waals surface area contributed by atoms with Crippen molar-refractivity contribution in [1.82, 2.24) is 14.8 Å². The molecule has 6 nitrogen and oxygen atoms in total. The van der Waals surface area contributed by atoms with Crippen LogP contribution >= 0.6 is 0 Å². The Balaban J connectivity index is 1.69. The SMILES string of the molecule is COc1cccc(CN2CCN(Cc3cccc(C)n3)[C@H](CCO)C2)c1OC. The quantitative estimate of drug-likeness (QED) is 0.753. The Labute approximate surface area is 167 Å². The van der Waals surface area contributed by atoms with E-state index in [2.05, 4.69) is 33.0 Å². The molecule has 1 aliphatic rings. The molecule has 0 bridgehead atoms. The summed E-state index contributed by atoms with van der Waals surface area (Å²) < 4.78 is 11.0. The van der Waals surface area contributed by atoms with Gasteiger partial charge >= 0.3 is 0 Å². The Bertz CT molecular complexity index is 768. The highest BCUT2D eigenvalue weighted by Gasteiger charge is 2.27. The molecule has 152 valence electrons. The van der Waals surface area contributed by atoms with Crippen molar-refractivity contribution in [3.63, 3.8) is 0 Å². The lowest BCUT2D eigenvalue weighted by molar-refractivity contribution is 0.0487. The first kappa shape index (κ1) is 20.6. The lowest BCUT2D eigenvalue weighted by Gasteiger charge is -2.41. The molecule has 0 spiro atoms. The van der Waals surface area contributed by atoms with Crippen LogP contribution in [0.4, 0.5) is 0 Å². The van der Waals surface area contributed by atoms with Crippen LogP contribution in [-0.4, -0.2) is 66.4 Å². The van der Waals surface area contributed by atoms with E-state index in [9.17, 15) is 5.11 Å². The van der Waals surface area contributed by atoms with E-state index in [1.807, 2.05) is 25.1 Å². The monoisotopic (exact) mass is 385 g/mol. The van der Waals surface area contributed by atoms with Gasteiger partial charge in [0.15, 0.2) is 11.5 Å². The number of aromatic nitrogens is 1. The first-order chi connectivity index (χ1) is 13.6. The number of nitrogens with zero attached hydrogens (tertiary/aromatic N) is 3. The van der Waals surface area contributed by atoms with E-state index in [0.717, 1.165) is 67.6 Å². The predicted molar refractivity (Wildman–Crippen MR) is 110 cm³/mol. The second kappa shape index (κ2) is 9.87. The minimum Gasteiger partial charge on any atom is -0.493 e. The summed E-state index contributed by atoms with van der Waals surface area (Å²) in [4.78, 5) is 9.51. The van der Waals surface area contributed by atoms with Crippen LogP contribution in [0.1, 0.15) is 23.4 Å². The van der Waals surface area contributed by atoms with E-state index < -0.39 is 0 Å². The summed E-state index contributed by atoms with van der Waals surface area (Å²) in [5.41, 5.74) is 3.25. The van der Waals surface area contributed by atoms with E-state index in [0.29, 0.717) is 6.04 Å². The molecular weight excluding hydrogens is 354 g/mol. The van der Waals surface area contributed by atoms with Crippen LogP contribution in [0.5, 0.6) is 11.5 Å². The van der Waals surface area contributed by atoms with Gasteiger partial charge in [-0.1, -0.05) is 18.2 Å². The molecule has 1 aromatic heterocycles. The Morgan fingerprint density at radius 1 is 1.07 bits per heavy atom. The van der Waals surface area contributed by atoms with Gasteiger partial charge in [-0.15, -0.1) is 0 Å². The van der Waals surface area contributed by atoms with Gasteiger partial charge < -0.3 is 14.6 Å². The lowest BCUT2D eigenvalue weighted by Crippen LogP contribution is -2.52. The topological polar surface area (TPSA) is 58.1 Å². The van der Waals surface area contributed by atoms with E-state index in [-0.39, 0.29) is 6.61 Å². The zero-order valence-corrected chi connectivity index (χ0v) is 17.1. The van der Waals surface area contributed by atoms with Crippen LogP contribution in [0.2, 0.25) is 0 Å². The molecule has 3 rings (SSSR count). The van der Waals surface area contributed by atoms with Crippen LogP contribution in [0.25, 0.3) is 0 Å². The highest BCUT2D eigenvalue weighted by Crippen LogP contribution is 2.32. The fourth-order valence-corrected chi connectivity index (χ4v) is 3.95. The van der Waals surface area contributed by atoms with Crippen molar-refractivity contribution in [1.29, 1.82) is 0 Å². The zero-order valence-electron chi connectivity index (χ0n) is 17.1. The number of benzene rings is 1. The fraction of sp³-hybridized carbons (Fsp3) is 0.500. The van der Waals surface area contributed by atoms with Crippen molar-refractivity contribution in [2.45, 2.75) is 32.5 Å². The molecular formula is C22H31N3O3. The molecule has 1 N–H and O–H groups in total. The third-order valence-corrected chi connectivity index (χ3v) is 5.34. The number of aryl methyl sites for hydroxylation is 1. The number of para-hydroxylation sites is 1. The Kier molecular flexibility index (Phi) is 7.25. The van der Waals surface area contributed by atoms with Crippen LogP contribution in [-0.2, 0) is 13.1 Å². The molecule has 6 heteroatoms. The molecule has 1 aliphatic heterocycles. The fourth-order valence-electron chi connectivity index (χ4n) is 3.95. The van der Waals surface area contributed by atoms with Gasteiger partial charge in [0, 0.05) is 56.6 Å². The highest BCUT2D eigenvalue weighted by atomic mass is 16.5. The first-order valence-electron chi connectivity index (χ1n) is 9.84. The number of aliphatic hydroxyl groups excluding tert-OH is 1.